The van der Waals surface area contributed by atoms with E-state index < -0.39 is 10.0 Å². The Hall–Kier alpha value is -1.11. The molecular weight excluding hydrogens is 286 g/mol. The predicted molar refractivity (Wildman–Crippen MR) is 86.0 cm³/mol. The molecule has 0 bridgehead atoms. The molecule has 2 rings (SSSR count). The summed E-state index contributed by atoms with van der Waals surface area (Å²) in [7, 11) is -3.40. The van der Waals surface area contributed by atoms with Crippen LogP contribution in [0, 0.1) is 0 Å². The number of hydrogen-bond acceptors (Lipinski definition) is 4. The topological polar surface area (TPSA) is 70.2 Å². The fourth-order valence-electron chi connectivity index (χ4n) is 2.52. The SMILES string of the molecule is CC(C)NS(=O)(=O)c1ccc(NCCC2CCCN2)cc1. The van der Waals surface area contributed by atoms with E-state index in [0.717, 1.165) is 25.2 Å². The lowest BCUT2D eigenvalue weighted by Gasteiger charge is -2.13. The number of nitrogens with one attached hydrogen (secondary N) is 3. The van der Waals surface area contributed by atoms with Crippen molar-refractivity contribution in [1.82, 2.24) is 10.0 Å². The van der Waals surface area contributed by atoms with Gasteiger partial charge in [0.25, 0.3) is 0 Å². The largest absolute Gasteiger partial charge is 0.385 e. The molecule has 3 N–H and O–H groups in total. The van der Waals surface area contributed by atoms with Gasteiger partial charge in [0.2, 0.25) is 10.0 Å². The first-order chi connectivity index (χ1) is 9.97. The van der Waals surface area contributed by atoms with Crippen molar-refractivity contribution in [3.8, 4) is 0 Å². The fourth-order valence-corrected chi connectivity index (χ4v) is 3.78. The summed E-state index contributed by atoms with van der Waals surface area (Å²) in [6.45, 7) is 5.64. The lowest BCUT2D eigenvalue weighted by atomic mass is 10.1. The van der Waals surface area contributed by atoms with E-state index in [0.29, 0.717) is 10.9 Å². The third-order valence-electron chi connectivity index (χ3n) is 3.54. The van der Waals surface area contributed by atoms with Crippen molar-refractivity contribution >= 4 is 15.7 Å². The van der Waals surface area contributed by atoms with Gasteiger partial charge in [-0.05, 0) is 63.9 Å². The van der Waals surface area contributed by atoms with E-state index >= 15 is 0 Å². The van der Waals surface area contributed by atoms with Crippen LogP contribution in [0.5, 0.6) is 0 Å². The van der Waals surface area contributed by atoms with Gasteiger partial charge in [0.05, 0.1) is 4.90 Å². The maximum Gasteiger partial charge on any atom is 0.240 e. The lowest BCUT2D eigenvalue weighted by Crippen LogP contribution is -2.30. The highest BCUT2D eigenvalue weighted by Crippen LogP contribution is 2.15. The zero-order valence-electron chi connectivity index (χ0n) is 12.7. The summed E-state index contributed by atoms with van der Waals surface area (Å²) in [6, 6.07) is 7.43. The van der Waals surface area contributed by atoms with Crippen molar-refractivity contribution in [2.24, 2.45) is 0 Å². The molecule has 0 radical (unpaired) electrons. The minimum atomic E-state index is -3.40. The van der Waals surface area contributed by atoms with Gasteiger partial charge in [-0.2, -0.15) is 0 Å². The molecule has 1 aliphatic heterocycles. The zero-order valence-corrected chi connectivity index (χ0v) is 13.5. The molecule has 1 unspecified atom stereocenters. The summed E-state index contributed by atoms with van der Waals surface area (Å²) in [6.07, 6.45) is 3.61. The van der Waals surface area contributed by atoms with E-state index in [1.165, 1.54) is 12.8 Å². The van der Waals surface area contributed by atoms with Crippen LogP contribution in [0.15, 0.2) is 29.2 Å². The molecule has 6 heteroatoms. The molecule has 118 valence electrons. The number of anilines is 1. The van der Waals surface area contributed by atoms with Gasteiger partial charge in [0, 0.05) is 24.3 Å². The van der Waals surface area contributed by atoms with Crippen LogP contribution in [-0.4, -0.2) is 33.6 Å². The Labute approximate surface area is 127 Å². The van der Waals surface area contributed by atoms with Gasteiger partial charge in [-0.3, -0.25) is 0 Å². The van der Waals surface area contributed by atoms with Crippen LogP contribution in [0.4, 0.5) is 5.69 Å². The maximum atomic E-state index is 12.0. The Morgan fingerprint density at radius 1 is 1.29 bits per heavy atom. The first-order valence-electron chi connectivity index (χ1n) is 7.57. The van der Waals surface area contributed by atoms with Crippen LogP contribution in [0.25, 0.3) is 0 Å². The molecule has 1 saturated heterocycles. The molecule has 1 aromatic carbocycles. The number of hydrogen-bond donors (Lipinski definition) is 3. The van der Waals surface area contributed by atoms with Gasteiger partial charge >= 0.3 is 0 Å². The van der Waals surface area contributed by atoms with Crippen LogP contribution < -0.4 is 15.4 Å². The number of sulfonamides is 1. The summed E-state index contributed by atoms with van der Waals surface area (Å²) in [4.78, 5) is 0.305. The zero-order chi connectivity index (χ0) is 15.3. The maximum absolute atomic E-state index is 12.0. The van der Waals surface area contributed by atoms with Gasteiger partial charge in [0.15, 0.2) is 0 Å². The van der Waals surface area contributed by atoms with Crippen molar-refractivity contribution in [2.75, 3.05) is 18.4 Å². The summed E-state index contributed by atoms with van der Waals surface area (Å²) >= 11 is 0. The van der Waals surface area contributed by atoms with Gasteiger partial charge in [-0.15, -0.1) is 0 Å². The Morgan fingerprint density at radius 2 is 2.00 bits per heavy atom. The Balaban J connectivity index is 1.86. The molecule has 1 fully saturated rings. The van der Waals surface area contributed by atoms with E-state index in [1.807, 2.05) is 26.0 Å². The molecule has 0 spiro atoms. The second-order valence-corrected chi connectivity index (χ2v) is 7.52. The van der Waals surface area contributed by atoms with Gasteiger partial charge in [-0.1, -0.05) is 0 Å². The average molecular weight is 311 g/mol. The van der Waals surface area contributed by atoms with Crippen molar-refractivity contribution < 1.29 is 8.42 Å². The molecule has 1 atom stereocenters. The lowest BCUT2D eigenvalue weighted by molar-refractivity contribution is 0.570. The summed E-state index contributed by atoms with van der Waals surface area (Å²) in [5, 5.41) is 6.80. The van der Waals surface area contributed by atoms with Crippen LogP contribution in [-0.2, 0) is 10.0 Å². The normalized spacial score (nSPS) is 19.1. The Bertz CT molecular complexity index is 535. The molecule has 21 heavy (non-hydrogen) atoms. The predicted octanol–water partition coefficient (Wildman–Crippen LogP) is 1.93. The van der Waals surface area contributed by atoms with E-state index in [9.17, 15) is 8.42 Å². The van der Waals surface area contributed by atoms with Crippen LogP contribution in [0.1, 0.15) is 33.1 Å². The molecule has 1 aromatic rings. The molecule has 1 aliphatic rings. The molecule has 0 amide bonds. The van der Waals surface area contributed by atoms with Gasteiger partial charge < -0.3 is 10.6 Å². The monoisotopic (exact) mass is 311 g/mol. The van der Waals surface area contributed by atoms with Crippen LogP contribution in [0.3, 0.4) is 0 Å². The first kappa shape index (κ1) is 16.3. The minimum absolute atomic E-state index is 0.105. The standard InChI is InChI=1S/C15H25N3O2S/c1-12(2)18-21(19,20)15-7-5-14(6-8-15)17-11-9-13-4-3-10-16-13/h5-8,12-13,16-18H,3-4,9-11H2,1-2H3. The fraction of sp³-hybridized carbons (Fsp3) is 0.600. The first-order valence-corrected chi connectivity index (χ1v) is 9.05. The Kier molecular flexibility index (Phi) is 5.61. The van der Waals surface area contributed by atoms with Gasteiger partial charge in [-0.25, -0.2) is 13.1 Å². The molecule has 1 heterocycles. The smallest absolute Gasteiger partial charge is 0.240 e. The quantitative estimate of drug-likeness (QED) is 0.719. The number of benzene rings is 1. The van der Waals surface area contributed by atoms with E-state index in [1.54, 1.807) is 12.1 Å². The Morgan fingerprint density at radius 3 is 2.57 bits per heavy atom. The second kappa shape index (κ2) is 7.24. The summed E-state index contributed by atoms with van der Waals surface area (Å²) < 4.78 is 26.6. The molecule has 5 nitrogen and oxygen atoms in total. The van der Waals surface area contributed by atoms with Crippen molar-refractivity contribution in [2.45, 2.75) is 50.1 Å². The highest BCUT2D eigenvalue weighted by molar-refractivity contribution is 7.89. The molecule has 0 aliphatic carbocycles. The van der Waals surface area contributed by atoms with Crippen molar-refractivity contribution in [1.29, 1.82) is 0 Å². The van der Waals surface area contributed by atoms with E-state index in [-0.39, 0.29) is 6.04 Å². The highest BCUT2D eigenvalue weighted by Gasteiger charge is 2.15. The number of rotatable bonds is 7. The average Bonchev–Trinajstić information content (AvgIpc) is 2.91. The van der Waals surface area contributed by atoms with Crippen LogP contribution >= 0.6 is 0 Å². The third kappa shape index (κ3) is 4.98. The molecule has 0 saturated carbocycles. The highest BCUT2D eigenvalue weighted by atomic mass is 32.2. The molecule has 0 aromatic heterocycles. The molecular formula is C15H25N3O2S. The van der Waals surface area contributed by atoms with Crippen molar-refractivity contribution in [3.05, 3.63) is 24.3 Å². The van der Waals surface area contributed by atoms with E-state index in [4.69, 9.17) is 0 Å². The second-order valence-electron chi connectivity index (χ2n) is 5.81. The summed E-state index contributed by atoms with van der Waals surface area (Å²) in [5.74, 6) is 0. The summed E-state index contributed by atoms with van der Waals surface area (Å²) in [5.41, 5.74) is 0.955. The minimum Gasteiger partial charge on any atom is -0.385 e. The van der Waals surface area contributed by atoms with E-state index in [2.05, 4.69) is 15.4 Å². The van der Waals surface area contributed by atoms with Gasteiger partial charge in [0.1, 0.15) is 0 Å². The van der Waals surface area contributed by atoms with Crippen molar-refractivity contribution in [3.63, 3.8) is 0 Å². The third-order valence-corrected chi connectivity index (χ3v) is 5.21. The van der Waals surface area contributed by atoms with Crippen LogP contribution in [0.2, 0.25) is 0 Å².